The van der Waals surface area contributed by atoms with Crippen LogP contribution in [-0.2, 0) is 11.4 Å². The van der Waals surface area contributed by atoms with Crippen LogP contribution in [-0.4, -0.2) is 22.2 Å². The van der Waals surface area contributed by atoms with Crippen LogP contribution < -0.4 is 10.1 Å². The first-order valence-electron chi connectivity index (χ1n) is 9.56. The number of amidine groups is 1. The van der Waals surface area contributed by atoms with Gasteiger partial charge in [-0.15, -0.1) is 0 Å². The van der Waals surface area contributed by atoms with E-state index in [-0.39, 0.29) is 23.9 Å². The molecule has 1 saturated heterocycles. The van der Waals surface area contributed by atoms with Gasteiger partial charge in [-0.2, -0.15) is 0 Å². The molecule has 3 aromatic carbocycles. The van der Waals surface area contributed by atoms with Crippen LogP contribution in [0, 0.1) is 5.82 Å². The van der Waals surface area contributed by atoms with Gasteiger partial charge in [0, 0.05) is 0 Å². The molecule has 0 atom stereocenters. The predicted molar refractivity (Wildman–Crippen MR) is 121 cm³/mol. The van der Waals surface area contributed by atoms with Gasteiger partial charge in [-0.25, -0.2) is 14.2 Å². The summed E-state index contributed by atoms with van der Waals surface area (Å²) in [6.45, 7) is 0.239. The average Bonchev–Trinajstić information content (AvgIpc) is 3.13. The number of carboxylic acids is 1. The Bertz CT molecular complexity index is 1220. The first kappa shape index (κ1) is 21.3. The molecule has 3 aromatic rings. The molecule has 6 nitrogen and oxygen atoms in total. The molecule has 0 aliphatic carbocycles. The van der Waals surface area contributed by atoms with Crippen LogP contribution in [0.3, 0.4) is 0 Å². The smallest absolute Gasteiger partial charge is 0.335 e. The molecule has 1 fully saturated rings. The second-order valence-electron chi connectivity index (χ2n) is 6.82. The zero-order valence-electron chi connectivity index (χ0n) is 16.6. The van der Waals surface area contributed by atoms with Crippen molar-refractivity contribution >= 4 is 40.6 Å². The van der Waals surface area contributed by atoms with Crippen LogP contribution in [0.5, 0.6) is 5.75 Å². The number of nitrogens with one attached hydrogen (secondary N) is 1. The summed E-state index contributed by atoms with van der Waals surface area (Å²) < 4.78 is 18.7. The summed E-state index contributed by atoms with van der Waals surface area (Å²) in [6, 6.07) is 19.5. The normalized spacial score (nSPS) is 15.7. The van der Waals surface area contributed by atoms with E-state index in [0.29, 0.717) is 21.5 Å². The van der Waals surface area contributed by atoms with Gasteiger partial charge in [0.1, 0.15) is 18.2 Å². The molecule has 0 unspecified atom stereocenters. The van der Waals surface area contributed by atoms with Crippen molar-refractivity contribution < 1.29 is 23.8 Å². The molecule has 1 heterocycles. The fourth-order valence-corrected chi connectivity index (χ4v) is 3.73. The number of aromatic carboxylic acids is 1. The highest BCUT2D eigenvalue weighted by Gasteiger charge is 2.23. The van der Waals surface area contributed by atoms with Gasteiger partial charge in [0.15, 0.2) is 5.17 Å². The van der Waals surface area contributed by atoms with E-state index in [1.165, 1.54) is 42.1 Å². The average molecular weight is 448 g/mol. The number of aliphatic imine (C=N–C) groups is 1. The standard InChI is InChI=1S/C24H17FN2O4S/c25-18-6-8-19(9-7-18)26-24-27-22(28)21(32-24)13-15-4-10-20(11-5-15)31-14-16-2-1-3-17(12-16)23(29)30/h1-13H,14H2,(H,29,30)(H,26,27,28)/b21-13-. The van der Waals surface area contributed by atoms with Crippen molar-refractivity contribution in [1.29, 1.82) is 0 Å². The lowest BCUT2D eigenvalue weighted by atomic mass is 10.1. The summed E-state index contributed by atoms with van der Waals surface area (Å²) in [5.74, 6) is -0.966. The first-order valence-corrected chi connectivity index (χ1v) is 10.4. The van der Waals surface area contributed by atoms with Crippen LogP contribution in [0.1, 0.15) is 21.5 Å². The number of rotatable bonds is 6. The molecule has 0 aromatic heterocycles. The van der Waals surface area contributed by atoms with Crippen molar-refractivity contribution in [1.82, 2.24) is 5.32 Å². The Morgan fingerprint density at radius 3 is 2.56 bits per heavy atom. The molecule has 0 spiro atoms. The number of halogens is 1. The number of carboxylic acid groups (broad SMARTS) is 1. The van der Waals surface area contributed by atoms with E-state index in [1.54, 1.807) is 36.4 Å². The van der Waals surface area contributed by atoms with Crippen LogP contribution in [0.2, 0.25) is 0 Å². The number of hydrogen-bond donors (Lipinski definition) is 2. The summed E-state index contributed by atoms with van der Waals surface area (Å²) in [5, 5.41) is 12.2. The van der Waals surface area contributed by atoms with E-state index in [9.17, 15) is 14.0 Å². The van der Waals surface area contributed by atoms with Gasteiger partial charge >= 0.3 is 5.97 Å². The summed E-state index contributed by atoms with van der Waals surface area (Å²) in [4.78, 5) is 28.1. The number of amides is 1. The van der Waals surface area contributed by atoms with E-state index in [1.807, 2.05) is 12.1 Å². The monoisotopic (exact) mass is 448 g/mol. The fraction of sp³-hybridized carbons (Fsp3) is 0.0417. The van der Waals surface area contributed by atoms with Crippen molar-refractivity contribution in [2.75, 3.05) is 0 Å². The van der Waals surface area contributed by atoms with Gasteiger partial charge in [0.25, 0.3) is 5.91 Å². The lowest BCUT2D eigenvalue weighted by molar-refractivity contribution is -0.115. The Kier molecular flexibility index (Phi) is 6.32. The van der Waals surface area contributed by atoms with Gasteiger partial charge in [0.2, 0.25) is 0 Å². The minimum atomic E-state index is -0.982. The first-order chi connectivity index (χ1) is 15.5. The minimum absolute atomic E-state index is 0.211. The number of nitrogens with zero attached hydrogens (tertiary/aromatic N) is 1. The second-order valence-corrected chi connectivity index (χ2v) is 7.85. The molecule has 4 rings (SSSR count). The summed E-state index contributed by atoms with van der Waals surface area (Å²) >= 11 is 1.21. The van der Waals surface area contributed by atoms with Gasteiger partial charge < -0.3 is 15.2 Å². The molecule has 1 aliphatic rings. The second kappa shape index (κ2) is 9.49. The third kappa shape index (κ3) is 5.41. The predicted octanol–water partition coefficient (Wildman–Crippen LogP) is 4.99. The highest BCUT2D eigenvalue weighted by molar-refractivity contribution is 8.18. The minimum Gasteiger partial charge on any atom is -0.489 e. The maximum atomic E-state index is 13.0. The third-order valence-corrected chi connectivity index (χ3v) is 5.38. The summed E-state index contributed by atoms with van der Waals surface area (Å²) in [6.07, 6.45) is 1.74. The molecule has 160 valence electrons. The molecule has 2 N–H and O–H groups in total. The van der Waals surface area contributed by atoms with Crippen LogP contribution in [0.15, 0.2) is 82.7 Å². The van der Waals surface area contributed by atoms with Crippen LogP contribution >= 0.6 is 11.8 Å². The van der Waals surface area contributed by atoms with Gasteiger partial charge in [-0.3, -0.25) is 4.79 Å². The Labute approximate surface area is 187 Å². The van der Waals surface area contributed by atoms with Crippen molar-refractivity contribution in [2.24, 2.45) is 4.99 Å². The molecule has 0 saturated carbocycles. The Morgan fingerprint density at radius 1 is 1.09 bits per heavy atom. The molecule has 0 bridgehead atoms. The molecular formula is C24H17FN2O4S. The lowest BCUT2D eigenvalue weighted by Crippen LogP contribution is -2.19. The maximum absolute atomic E-state index is 13.0. The number of carbonyl (C=O) groups is 2. The number of carbonyl (C=O) groups excluding carboxylic acids is 1. The van der Waals surface area contributed by atoms with E-state index in [0.717, 1.165) is 11.1 Å². The topological polar surface area (TPSA) is 88.0 Å². The van der Waals surface area contributed by atoms with Gasteiger partial charge in [-0.05, 0) is 77.5 Å². The van der Waals surface area contributed by atoms with E-state index in [4.69, 9.17) is 9.84 Å². The van der Waals surface area contributed by atoms with Gasteiger partial charge in [-0.1, -0.05) is 24.3 Å². The Morgan fingerprint density at radius 2 is 1.84 bits per heavy atom. The largest absolute Gasteiger partial charge is 0.489 e. The van der Waals surface area contributed by atoms with E-state index >= 15 is 0 Å². The zero-order chi connectivity index (χ0) is 22.5. The third-order valence-electron chi connectivity index (χ3n) is 4.47. The van der Waals surface area contributed by atoms with Crippen molar-refractivity contribution in [3.05, 3.63) is 100 Å². The van der Waals surface area contributed by atoms with E-state index < -0.39 is 5.97 Å². The molecular weight excluding hydrogens is 431 g/mol. The quantitative estimate of drug-likeness (QED) is 0.519. The fourth-order valence-electron chi connectivity index (χ4n) is 2.89. The molecule has 32 heavy (non-hydrogen) atoms. The van der Waals surface area contributed by atoms with Crippen LogP contribution in [0.25, 0.3) is 6.08 Å². The van der Waals surface area contributed by atoms with Crippen molar-refractivity contribution in [2.45, 2.75) is 6.61 Å². The molecule has 8 heteroatoms. The van der Waals surface area contributed by atoms with Crippen molar-refractivity contribution in [3.8, 4) is 5.75 Å². The van der Waals surface area contributed by atoms with Crippen molar-refractivity contribution in [3.63, 3.8) is 0 Å². The number of thioether (sulfide) groups is 1. The Hall–Kier alpha value is -3.91. The van der Waals surface area contributed by atoms with Gasteiger partial charge in [0.05, 0.1) is 16.2 Å². The molecule has 1 amide bonds. The molecule has 1 aliphatic heterocycles. The molecule has 0 radical (unpaired) electrons. The highest BCUT2D eigenvalue weighted by Crippen LogP contribution is 2.28. The number of ether oxygens (including phenoxy) is 1. The maximum Gasteiger partial charge on any atom is 0.335 e. The number of hydrogen-bond acceptors (Lipinski definition) is 5. The SMILES string of the molecule is O=C1NC(=Nc2ccc(F)cc2)S/C1=C\c1ccc(OCc2cccc(C(=O)O)c2)cc1. The summed E-state index contributed by atoms with van der Waals surface area (Å²) in [7, 11) is 0. The van der Waals surface area contributed by atoms with E-state index in [2.05, 4.69) is 10.3 Å². The highest BCUT2D eigenvalue weighted by atomic mass is 32.2. The Balaban J connectivity index is 1.39. The number of benzene rings is 3. The zero-order valence-corrected chi connectivity index (χ0v) is 17.4. The van der Waals surface area contributed by atoms with Crippen LogP contribution in [0.4, 0.5) is 10.1 Å². The lowest BCUT2D eigenvalue weighted by Gasteiger charge is -2.07. The summed E-state index contributed by atoms with van der Waals surface area (Å²) in [5.41, 5.74) is 2.32.